The van der Waals surface area contributed by atoms with E-state index in [1.165, 1.54) is 0 Å². The summed E-state index contributed by atoms with van der Waals surface area (Å²) in [6.07, 6.45) is -1.29. The van der Waals surface area contributed by atoms with E-state index in [0.29, 0.717) is 6.42 Å². The fourth-order valence-corrected chi connectivity index (χ4v) is 0.404. The lowest BCUT2D eigenvalue weighted by molar-refractivity contribution is 0.128. The highest BCUT2D eigenvalue weighted by Gasteiger charge is 1.95. The number of primary amides is 2. The van der Waals surface area contributed by atoms with Gasteiger partial charge in [-0.05, 0) is 0 Å². The van der Waals surface area contributed by atoms with Gasteiger partial charge in [0.15, 0.2) is 0 Å². The molecular formula is C5H10N2O4. The fourth-order valence-electron chi connectivity index (χ4n) is 0.404. The second kappa shape index (κ2) is 5.33. The minimum atomic E-state index is -0.843. The third-order valence-corrected chi connectivity index (χ3v) is 0.777. The molecule has 0 heterocycles. The number of ether oxygens (including phenoxy) is 2. The minimum Gasteiger partial charge on any atom is -0.450 e. The monoisotopic (exact) mass is 162 g/mol. The van der Waals surface area contributed by atoms with Crippen molar-refractivity contribution in [2.45, 2.75) is 6.42 Å². The molecule has 0 saturated heterocycles. The molecule has 0 saturated carbocycles. The van der Waals surface area contributed by atoms with Gasteiger partial charge >= 0.3 is 12.2 Å². The molecule has 0 fully saturated rings. The molecule has 0 aliphatic rings. The lowest BCUT2D eigenvalue weighted by atomic mass is 10.5. The van der Waals surface area contributed by atoms with Crippen LogP contribution in [0.2, 0.25) is 0 Å². The van der Waals surface area contributed by atoms with Crippen molar-refractivity contribution in [3.63, 3.8) is 0 Å². The van der Waals surface area contributed by atoms with Crippen molar-refractivity contribution in [3.8, 4) is 0 Å². The second-order valence-electron chi connectivity index (χ2n) is 1.69. The van der Waals surface area contributed by atoms with Crippen LogP contribution in [0, 0.1) is 0 Å². The molecule has 0 spiro atoms. The van der Waals surface area contributed by atoms with E-state index in [1.807, 2.05) is 0 Å². The van der Waals surface area contributed by atoms with Crippen molar-refractivity contribution in [1.29, 1.82) is 0 Å². The molecule has 0 aliphatic carbocycles. The van der Waals surface area contributed by atoms with Gasteiger partial charge in [-0.2, -0.15) is 0 Å². The van der Waals surface area contributed by atoms with E-state index in [1.54, 1.807) is 0 Å². The number of carbonyl (C=O) groups is 2. The number of hydrogen-bond donors (Lipinski definition) is 2. The van der Waals surface area contributed by atoms with Gasteiger partial charge in [0.25, 0.3) is 0 Å². The molecule has 0 radical (unpaired) electrons. The lowest BCUT2D eigenvalue weighted by Gasteiger charge is -2.00. The Morgan fingerprint density at radius 2 is 1.36 bits per heavy atom. The van der Waals surface area contributed by atoms with E-state index in [0.717, 1.165) is 0 Å². The highest BCUT2D eigenvalue weighted by atomic mass is 16.6. The average molecular weight is 162 g/mol. The Hall–Kier alpha value is -1.46. The highest BCUT2D eigenvalue weighted by Crippen LogP contribution is 1.84. The van der Waals surface area contributed by atoms with Crippen LogP contribution in [0.5, 0.6) is 0 Å². The Morgan fingerprint density at radius 1 is 1.00 bits per heavy atom. The number of rotatable bonds is 4. The van der Waals surface area contributed by atoms with Crippen LogP contribution in [0.3, 0.4) is 0 Å². The zero-order valence-corrected chi connectivity index (χ0v) is 5.91. The normalized spacial score (nSPS) is 8.73. The maximum absolute atomic E-state index is 9.96. The fraction of sp³-hybridized carbons (Fsp3) is 0.600. The molecule has 6 heteroatoms. The topological polar surface area (TPSA) is 105 Å². The summed E-state index contributed by atoms with van der Waals surface area (Å²) < 4.78 is 8.66. The number of amides is 2. The minimum absolute atomic E-state index is 0.128. The zero-order valence-electron chi connectivity index (χ0n) is 5.91. The van der Waals surface area contributed by atoms with Crippen LogP contribution in [0.4, 0.5) is 9.59 Å². The molecule has 0 aromatic rings. The van der Waals surface area contributed by atoms with Crippen molar-refractivity contribution in [1.82, 2.24) is 0 Å². The van der Waals surface area contributed by atoms with Gasteiger partial charge in [-0.3, -0.25) is 0 Å². The van der Waals surface area contributed by atoms with E-state index in [4.69, 9.17) is 0 Å². The molecular weight excluding hydrogens is 152 g/mol. The molecule has 0 rings (SSSR count). The van der Waals surface area contributed by atoms with E-state index in [2.05, 4.69) is 20.9 Å². The lowest BCUT2D eigenvalue weighted by Crippen LogP contribution is -2.17. The average Bonchev–Trinajstić information content (AvgIpc) is 1.85. The molecule has 0 aliphatic heterocycles. The molecule has 0 unspecified atom stereocenters. The SMILES string of the molecule is NC(=O)OCCCOC(N)=O. The summed E-state index contributed by atoms with van der Waals surface area (Å²) in [5.74, 6) is 0. The van der Waals surface area contributed by atoms with E-state index in [9.17, 15) is 9.59 Å². The molecule has 11 heavy (non-hydrogen) atoms. The van der Waals surface area contributed by atoms with Crippen LogP contribution in [0.1, 0.15) is 6.42 Å². The van der Waals surface area contributed by atoms with Crippen molar-refractivity contribution in [2.24, 2.45) is 11.5 Å². The first-order chi connectivity index (χ1) is 5.13. The summed E-state index contributed by atoms with van der Waals surface area (Å²) in [5.41, 5.74) is 9.28. The van der Waals surface area contributed by atoms with Gasteiger partial charge in [0, 0.05) is 6.42 Å². The Bertz CT molecular complexity index is 131. The summed E-state index contributed by atoms with van der Waals surface area (Å²) >= 11 is 0. The van der Waals surface area contributed by atoms with E-state index < -0.39 is 12.2 Å². The van der Waals surface area contributed by atoms with Crippen LogP contribution >= 0.6 is 0 Å². The van der Waals surface area contributed by atoms with Crippen LogP contribution < -0.4 is 11.5 Å². The van der Waals surface area contributed by atoms with Gasteiger partial charge in [0.1, 0.15) is 0 Å². The second-order valence-corrected chi connectivity index (χ2v) is 1.69. The van der Waals surface area contributed by atoms with Crippen LogP contribution in [-0.4, -0.2) is 25.4 Å². The van der Waals surface area contributed by atoms with Gasteiger partial charge in [-0.25, -0.2) is 9.59 Å². The molecule has 0 bridgehead atoms. The molecule has 2 amide bonds. The van der Waals surface area contributed by atoms with Crippen molar-refractivity contribution >= 4 is 12.2 Å². The van der Waals surface area contributed by atoms with E-state index >= 15 is 0 Å². The van der Waals surface area contributed by atoms with Gasteiger partial charge in [0.05, 0.1) is 13.2 Å². The Labute approximate surface area is 63.4 Å². The molecule has 0 aromatic carbocycles. The number of carbonyl (C=O) groups excluding carboxylic acids is 2. The van der Waals surface area contributed by atoms with Crippen molar-refractivity contribution in [2.75, 3.05) is 13.2 Å². The first-order valence-electron chi connectivity index (χ1n) is 2.97. The maximum Gasteiger partial charge on any atom is 0.404 e. The molecule has 4 N–H and O–H groups in total. The predicted octanol–water partition coefficient (Wildman–Crippen LogP) is -0.433. The number of hydrogen-bond acceptors (Lipinski definition) is 4. The van der Waals surface area contributed by atoms with Crippen molar-refractivity contribution in [3.05, 3.63) is 0 Å². The molecule has 64 valence electrons. The summed E-state index contributed by atoms with van der Waals surface area (Å²) in [4.78, 5) is 19.9. The standard InChI is InChI=1S/C5H10N2O4/c6-4(8)10-2-1-3-11-5(7)9/h1-3H2,(H2,6,8)(H2,7,9). The Morgan fingerprint density at radius 3 is 1.64 bits per heavy atom. The highest BCUT2D eigenvalue weighted by molar-refractivity contribution is 5.64. The van der Waals surface area contributed by atoms with Gasteiger partial charge in [-0.1, -0.05) is 0 Å². The molecule has 0 atom stereocenters. The van der Waals surface area contributed by atoms with Crippen LogP contribution in [0.25, 0.3) is 0 Å². The summed E-state index contributed by atoms with van der Waals surface area (Å²) in [6.45, 7) is 0.255. The van der Waals surface area contributed by atoms with Gasteiger partial charge in [0.2, 0.25) is 0 Å². The smallest absolute Gasteiger partial charge is 0.404 e. The van der Waals surface area contributed by atoms with Gasteiger partial charge in [-0.15, -0.1) is 0 Å². The van der Waals surface area contributed by atoms with Crippen LogP contribution in [0.15, 0.2) is 0 Å². The molecule has 6 nitrogen and oxygen atoms in total. The first-order valence-corrected chi connectivity index (χ1v) is 2.97. The number of nitrogens with two attached hydrogens (primary N) is 2. The molecule has 0 aromatic heterocycles. The first kappa shape index (κ1) is 9.54. The summed E-state index contributed by atoms with van der Waals surface area (Å²) in [7, 11) is 0. The Balaban J connectivity index is 3.03. The van der Waals surface area contributed by atoms with Crippen molar-refractivity contribution < 1.29 is 19.1 Å². The third kappa shape index (κ3) is 8.54. The quantitative estimate of drug-likeness (QED) is 0.547. The van der Waals surface area contributed by atoms with Gasteiger partial charge < -0.3 is 20.9 Å². The maximum atomic E-state index is 9.96. The van der Waals surface area contributed by atoms with Crippen LogP contribution in [-0.2, 0) is 9.47 Å². The zero-order chi connectivity index (χ0) is 8.69. The third-order valence-electron chi connectivity index (χ3n) is 0.777. The summed E-state index contributed by atoms with van der Waals surface area (Å²) in [5, 5.41) is 0. The largest absolute Gasteiger partial charge is 0.450 e. The predicted molar refractivity (Wildman–Crippen MR) is 35.7 cm³/mol. The van der Waals surface area contributed by atoms with E-state index in [-0.39, 0.29) is 13.2 Å². The summed E-state index contributed by atoms with van der Waals surface area (Å²) in [6, 6.07) is 0. The Kier molecular flexibility index (Phi) is 4.63.